The fourth-order valence-electron chi connectivity index (χ4n) is 2.44. The third-order valence-corrected chi connectivity index (χ3v) is 3.78. The van der Waals surface area contributed by atoms with E-state index in [4.69, 9.17) is 9.47 Å². The zero-order valence-electron chi connectivity index (χ0n) is 15.0. The molecule has 5 nitrogen and oxygen atoms in total. The average molecular weight is 335 g/mol. The Morgan fingerprint density at radius 2 is 1.88 bits per heavy atom. The first-order valence-electron chi connectivity index (χ1n) is 8.71. The third-order valence-electron chi connectivity index (χ3n) is 3.78. The van der Waals surface area contributed by atoms with Crippen molar-refractivity contribution in [2.24, 2.45) is 0 Å². The third kappa shape index (κ3) is 7.02. The van der Waals surface area contributed by atoms with E-state index < -0.39 is 0 Å². The van der Waals surface area contributed by atoms with E-state index in [1.54, 1.807) is 43.2 Å². The van der Waals surface area contributed by atoms with Gasteiger partial charge >= 0.3 is 5.97 Å². The first-order valence-corrected chi connectivity index (χ1v) is 8.71. The molecular weight excluding hydrogens is 306 g/mol. The average Bonchev–Trinajstić information content (AvgIpc) is 2.61. The lowest BCUT2D eigenvalue weighted by molar-refractivity contribution is -0.143. The highest BCUT2D eigenvalue weighted by atomic mass is 16.5. The Hall–Kier alpha value is -2.04. The van der Waals surface area contributed by atoms with E-state index in [9.17, 15) is 9.59 Å². The van der Waals surface area contributed by atoms with Crippen molar-refractivity contribution in [1.82, 2.24) is 4.90 Å². The molecule has 5 heteroatoms. The van der Waals surface area contributed by atoms with Crippen molar-refractivity contribution >= 4 is 11.9 Å². The van der Waals surface area contributed by atoms with Gasteiger partial charge in [0.1, 0.15) is 5.75 Å². The maximum absolute atomic E-state index is 12.8. The number of nitrogens with zero attached hydrogens (tertiary/aromatic N) is 1. The maximum Gasteiger partial charge on any atom is 0.307 e. The van der Waals surface area contributed by atoms with Gasteiger partial charge in [-0.25, -0.2) is 0 Å². The second-order valence-corrected chi connectivity index (χ2v) is 5.64. The number of benzene rings is 1. The number of carbonyl (C=O) groups excluding carboxylic acids is 2. The predicted molar refractivity (Wildman–Crippen MR) is 94.3 cm³/mol. The van der Waals surface area contributed by atoms with Crippen LogP contribution < -0.4 is 4.74 Å². The number of methoxy groups -OCH3 is 1. The molecule has 0 atom stereocenters. The molecule has 134 valence electrons. The van der Waals surface area contributed by atoms with Gasteiger partial charge in [-0.05, 0) is 31.5 Å². The molecule has 0 unspecified atom stereocenters. The standard InChI is InChI=1S/C19H29NO4/c1-4-6-7-8-13-20(14-12-18(21)24-5-2)19(22)16-10-9-11-17(15-16)23-3/h9-11,15H,4-8,12-14H2,1-3H3. The van der Waals surface area contributed by atoms with Crippen molar-refractivity contribution in [3.8, 4) is 5.75 Å². The summed E-state index contributed by atoms with van der Waals surface area (Å²) in [5, 5.41) is 0. The number of esters is 1. The number of ether oxygens (including phenoxy) is 2. The summed E-state index contributed by atoms with van der Waals surface area (Å²) in [7, 11) is 1.58. The molecule has 1 aromatic carbocycles. The van der Waals surface area contributed by atoms with Gasteiger partial charge in [-0.3, -0.25) is 9.59 Å². The van der Waals surface area contributed by atoms with Crippen LogP contribution in [0.2, 0.25) is 0 Å². The van der Waals surface area contributed by atoms with Gasteiger partial charge in [0.2, 0.25) is 0 Å². The van der Waals surface area contributed by atoms with Gasteiger partial charge in [-0.15, -0.1) is 0 Å². The lowest BCUT2D eigenvalue weighted by Gasteiger charge is -2.22. The van der Waals surface area contributed by atoms with Crippen LogP contribution >= 0.6 is 0 Å². The van der Waals surface area contributed by atoms with Gasteiger partial charge in [0, 0.05) is 18.7 Å². The van der Waals surface area contributed by atoms with E-state index in [1.807, 2.05) is 0 Å². The van der Waals surface area contributed by atoms with Gasteiger partial charge in [-0.1, -0.05) is 32.3 Å². The Kier molecular flexibility index (Phi) is 9.58. The normalized spacial score (nSPS) is 10.3. The van der Waals surface area contributed by atoms with Crippen molar-refractivity contribution in [1.29, 1.82) is 0 Å². The first-order chi connectivity index (χ1) is 11.6. The van der Waals surface area contributed by atoms with Gasteiger partial charge in [0.05, 0.1) is 20.1 Å². The molecule has 0 bridgehead atoms. The summed E-state index contributed by atoms with van der Waals surface area (Å²) < 4.78 is 10.1. The number of amides is 1. The molecule has 0 heterocycles. The van der Waals surface area contributed by atoms with E-state index in [-0.39, 0.29) is 18.3 Å². The minimum Gasteiger partial charge on any atom is -0.497 e. The second kappa shape index (κ2) is 11.5. The molecule has 0 aliphatic carbocycles. The summed E-state index contributed by atoms with van der Waals surface area (Å²) in [5.74, 6) is 0.307. The van der Waals surface area contributed by atoms with E-state index >= 15 is 0 Å². The first kappa shape index (κ1) is 20.0. The highest BCUT2D eigenvalue weighted by Crippen LogP contribution is 2.15. The number of hydrogen-bond acceptors (Lipinski definition) is 4. The van der Waals surface area contributed by atoms with E-state index in [0.717, 1.165) is 25.7 Å². The summed E-state index contributed by atoms with van der Waals surface area (Å²) in [5.41, 5.74) is 0.578. The molecule has 24 heavy (non-hydrogen) atoms. The van der Waals surface area contributed by atoms with Gasteiger partial charge < -0.3 is 14.4 Å². The Bertz CT molecular complexity index is 516. The molecule has 0 N–H and O–H groups in total. The zero-order chi connectivity index (χ0) is 17.8. The van der Waals surface area contributed by atoms with Crippen molar-refractivity contribution in [2.75, 3.05) is 26.8 Å². The zero-order valence-corrected chi connectivity index (χ0v) is 15.0. The summed E-state index contributed by atoms with van der Waals surface area (Å²) in [6.45, 7) is 5.32. The summed E-state index contributed by atoms with van der Waals surface area (Å²) >= 11 is 0. The van der Waals surface area contributed by atoms with Crippen LogP contribution in [-0.4, -0.2) is 43.6 Å². The smallest absolute Gasteiger partial charge is 0.307 e. The van der Waals surface area contributed by atoms with Crippen molar-refractivity contribution in [2.45, 2.75) is 46.0 Å². The molecule has 0 radical (unpaired) electrons. The van der Waals surface area contributed by atoms with Crippen molar-refractivity contribution in [3.05, 3.63) is 29.8 Å². The molecule has 0 spiro atoms. The van der Waals surface area contributed by atoms with E-state index in [2.05, 4.69) is 6.92 Å². The molecule has 1 rings (SSSR count). The van der Waals surface area contributed by atoms with Crippen molar-refractivity contribution < 1.29 is 19.1 Å². The van der Waals surface area contributed by atoms with Gasteiger partial charge in [-0.2, -0.15) is 0 Å². The Morgan fingerprint density at radius 3 is 2.54 bits per heavy atom. The van der Waals surface area contributed by atoms with Crippen molar-refractivity contribution in [3.63, 3.8) is 0 Å². The SMILES string of the molecule is CCCCCCN(CCC(=O)OCC)C(=O)c1cccc(OC)c1. The fourth-order valence-corrected chi connectivity index (χ4v) is 2.44. The number of unbranched alkanes of at least 4 members (excludes halogenated alkanes) is 3. The molecule has 0 fully saturated rings. The van der Waals surface area contributed by atoms with E-state index in [0.29, 0.717) is 31.0 Å². The summed E-state index contributed by atoms with van der Waals surface area (Å²) in [6.07, 6.45) is 4.53. The van der Waals surface area contributed by atoms with Crippen LogP contribution in [0.4, 0.5) is 0 Å². The monoisotopic (exact) mass is 335 g/mol. The topological polar surface area (TPSA) is 55.8 Å². The Balaban J connectivity index is 2.73. The van der Waals surface area contributed by atoms with Crippen LogP contribution in [0.15, 0.2) is 24.3 Å². The lowest BCUT2D eigenvalue weighted by Crippen LogP contribution is -2.34. The lowest BCUT2D eigenvalue weighted by atomic mass is 10.1. The number of rotatable bonds is 11. The molecule has 0 saturated carbocycles. The molecular formula is C19H29NO4. The molecule has 0 aromatic heterocycles. The second-order valence-electron chi connectivity index (χ2n) is 5.64. The summed E-state index contributed by atoms with van der Waals surface area (Å²) in [6, 6.07) is 7.10. The summed E-state index contributed by atoms with van der Waals surface area (Å²) in [4.78, 5) is 26.1. The molecule has 0 saturated heterocycles. The molecule has 0 aliphatic rings. The number of hydrogen-bond donors (Lipinski definition) is 0. The van der Waals surface area contributed by atoms with Crippen LogP contribution in [0.25, 0.3) is 0 Å². The van der Waals surface area contributed by atoms with Crippen LogP contribution in [0, 0.1) is 0 Å². The minimum absolute atomic E-state index is 0.0744. The molecule has 1 aromatic rings. The highest BCUT2D eigenvalue weighted by molar-refractivity contribution is 5.94. The molecule has 0 aliphatic heterocycles. The Labute approximate surface area is 144 Å². The highest BCUT2D eigenvalue weighted by Gasteiger charge is 2.17. The fraction of sp³-hybridized carbons (Fsp3) is 0.579. The largest absolute Gasteiger partial charge is 0.497 e. The Morgan fingerprint density at radius 1 is 1.08 bits per heavy atom. The van der Waals surface area contributed by atoms with Crippen LogP contribution in [0.3, 0.4) is 0 Å². The quantitative estimate of drug-likeness (QED) is 0.457. The number of carbonyl (C=O) groups is 2. The van der Waals surface area contributed by atoms with Crippen LogP contribution in [-0.2, 0) is 9.53 Å². The predicted octanol–water partition coefficient (Wildman–Crippen LogP) is 3.67. The van der Waals surface area contributed by atoms with Gasteiger partial charge in [0.25, 0.3) is 5.91 Å². The van der Waals surface area contributed by atoms with Crippen LogP contribution in [0.1, 0.15) is 56.3 Å². The minimum atomic E-state index is -0.269. The maximum atomic E-state index is 12.8. The van der Waals surface area contributed by atoms with Crippen LogP contribution in [0.5, 0.6) is 5.75 Å². The molecule has 1 amide bonds. The van der Waals surface area contributed by atoms with Gasteiger partial charge in [0.15, 0.2) is 0 Å². The van der Waals surface area contributed by atoms with E-state index in [1.165, 1.54) is 0 Å².